The molecule has 1 aromatic rings. The van der Waals surface area contributed by atoms with Gasteiger partial charge in [-0.05, 0) is 36.8 Å². The van der Waals surface area contributed by atoms with Gasteiger partial charge in [0, 0.05) is 12.5 Å². The Balaban J connectivity index is 2.52. The molecule has 3 heteroatoms. The maximum atomic E-state index is 12.0. The van der Waals surface area contributed by atoms with Crippen molar-refractivity contribution in [3.05, 3.63) is 35.4 Å². The van der Waals surface area contributed by atoms with Gasteiger partial charge < -0.3 is 11.1 Å². The highest BCUT2D eigenvalue weighted by Crippen LogP contribution is 2.21. The van der Waals surface area contributed by atoms with Crippen molar-refractivity contribution < 1.29 is 4.79 Å². The lowest BCUT2D eigenvalue weighted by atomic mass is 9.87. The van der Waals surface area contributed by atoms with E-state index in [1.54, 1.807) is 0 Å². The Morgan fingerprint density at radius 3 is 2.45 bits per heavy atom. The molecule has 1 rings (SSSR count). The standard InChI is InChI=1S/C17H28N2O/c1-12-8-6-7-9-15(12)13(2)19-16(20)10-14(18)11-17(3,4)5/h6-9,13-14H,10-11,18H2,1-5H3,(H,19,20). The number of nitrogens with one attached hydrogen (secondary N) is 1. The second-order valence-corrected chi connectivity index (χ2v) is 6.87. The maximum Gasteiger partial charge on any atom is 0.222 e. The maximum absolute atomic E-state index is 12.0. The van der Waals surface area contributed by atoms with Crippen LogP contribution in [0.25, 0.3) is 0 Å². The Kier molecular flexibility index (Phi) is 5.75. The Hall–Kier alpha value is -1.35. The van der Waals surface area contributed by atoms with Gasteiger partial charge in [0.1, 0.15) is 0 Å². The fourth-order valence-electron chi connectivity index (χ4n) is 2.55. The minimum atomic E-state index is -0.0842. The minimum absolute atomic E-state index is 0.0190. The van der Waals surface area contributed by atoms with Crippen molar-refractivity contribution in [3.63, 3.8) is 0 Å². The molecule has 0 radical (unpaired) electrons. The molecule has 0 spiro atoms. The van der Waals surface area contributed by atoms with E-state index < -0.39 is 0 Å². The number of hydrogen-bond acceptors (Lipinski definition) is 2. The number of amides is 1. The first-order chi connectivity index (χ1) is 9.19. The SMILES string of the molecule is Cc1ccccc1C(C)NC(=O)CC(N)CC(C)(C)C. The zero-order valence-electron chi connectivity index (χ0n) is 13.4. The summed E-state index contributed by atoms with van der Waals surface area (Å²) in [6.07, 6.45) is 1.23. The van der Waals surface area contributed by atoms with Gasteiger partial charge in [0.25, 0.3) is 0 Å². The first kappa shape index (κ1) is 16.7. The van der Waals surface area contributed by atoms with Crippen molar-refractivity contribution in [1.82, 2.24) is 5.32 Å². The highest BCUT2D eigenvalue weighted by molar-refractivity contribution is 5.77. The summed E-state index contributed by atoms with van der Waals surface area (Å²) in [5, 5.41) is 3.03. The molecule has 0 aliphatic rings. The van der Waals surface area contributed by atoms with E-state index in [1.807, 2.05) is 19.1 Å². The van der Waals surface area contributed by atoms with Crippen molar-refractivity contribution in [1.29, 1.82) is 0 Å². The second kappa shape index (κ2) is 6.89. The lowest BCUT2D eigenvalue weighted by Crippen LogP contribution is -2.35. The summed E-state index contributed by atoms with van der Waals surface area (Å²) in [7, 11) is 0. The highest BCUT2D eigenvalue weighted by Gasteiger charge is 2.19. The normalized spacial score (nSPS) is 14.7. The fourth-order valence-corrected chi connectivity index (χ4v) is 2.55. The second-order valence-electron chi connectivity index (χ2n) is 6.87. The van der Waals surface area contributed by atoms with Crippen molar-refractivity contribution in [2.45, 2.75) is 59.5 Å². The molecular formula is C17H28N2O. The average molecular weight is 276 g/mol. The molecule has 2 atom stereocenters. The number of rotatable bonds is 5. The number of carbonyl (C=O) groups excluding carboxylic acids is 1. The number of hydrogen-bond donors (Lipinski definition) is 2. The van der Waals surface area contributed by atoms with Crippen LogP contribution in [-0.2, 0) is 4.79 Å². The van der Waals surface area contributed by atoms with E-state index >= 15 is 0 Å². The molecule has 0 heterocycles. The van der Waals surface area contributed by atoms with Gasteiger partial charge in [-0.3, -0.25) is 4.79 Å². The summed E-state index contributed by atoms with van der Waals surface area (Å²) in [5.41, 5.74) is 8.55. The molecule has 0 fully saturated rings. The van der Waals surface area contributed by atoms with Gasteiger partial charge in [0.2, 0.25) is 5.91 Å². The van der Waals surface area contributed by atoms with Gasteiger partial charge >= 0.3 is 0 Å². The monoisotopic (exact) mass is 276 g/mol. The number of nitrogens with two attached hydrogens (primary N) is 1. The molecule has 0 aliphatic heterocycles. The summed E-state index contributed by atoms with van der Waals surface area (Å²) < 4.78 is 0. The molecule has 1 aromatic carbocycles. The molecule has 3 N–H and O–H groups in total. The number of aryl methyl sites for hydroxylation is 1. The molecule has 112 valence electrons. The van der Waals surface area contributed by atoms with Crippen LogP contribution in [0, 0.1) is 12.3 Å². The summed E-state index contributed by atoms with van der Waals surface area (Å²) in [6.45, 7) is 10.5. The number of carbonyl (C=O) groups is 1. The van der Waals surface area contributed by atoms with Crippen LogP contribution in [-0.4, -0.2) is 11.9 Å². The van der Waals surface area contributed by atoms with Crippen LogP contribution in [0.3, 0.4) is 0 Å². The van der Waals surface area contributed by atoms with Crippen LogP contribution in [0.15, 0.2) is 24.3 Å². The molecule has 3 nitrogen and oxygen atoms in total. The van der Waals surface area contributed by atoms with Crippen LogP contribution in [0.5, 0.6) is 0 Å². The van der Waals surface area contributed by atoms with Crippen molar-refractivity contribution in [2.24, 2.45) is 11.1 Å². The average Bonchev–Trinajstić information content (AvgIpc) is 2.25. The molecule has 0 bridgehead atoms. The van der Waals surface area contributed by atoms with Crippen LogP contribution >= 0.6 is 0 Å². The van der Waals surface area contributed by atoms with Crippen molar-refractivity contribution in [2.75, 3.05) is 0 Å². The van der Waals surface area contributed by atoms with E-state index in [9.17, 15) is 4.79 Å². The van der Waals surface area contributed by atoms with Gasteiger partial charge in [-0.15, -0.1) is 0 Å². The molecule has 0 saturated heterocycles. The van der Waals surface area contributed by atoms with Crippen LogP contribution in [0.1, 0.15) is 57.7 Å². The highest BCUT2D eigenvalue weighted by atomic mass is 16.1. The summed E-state index contributed by atoms with van der Waals surface area (Å²) in [6, 6.07) is 8.05. The molecular weight excluding hydrogens is 248 g/mol. The third kappa shape index (κ3) is 5.74. The van der Waals surface area contributed by atoms with Crippen LogP contribution in [0.2, 0.25) is 0 Å². The van der Waals surface area contributed by atoms with E-state index in [-0.39, 0.29) is 23.4 Å². The summed E-state index contributed by atoms with van der Waals surface area (Å²) >= 11 is 0. The van der Waals surface area contributed by atoms with E-state index in [1.165, 1.54) is 5.56 Å². The van der Waals surface area contributed by atoms with E-state index in [0.29, 0.717) is 6.42 Å². The first-order valence-corrected chi connectivity index (χ1v) is 7.29. The first-order valence-electron chi connectivity index (χ1n) is 7.29. The van der Waals surface area contributed by atoms with Crippen molar-refractivity contribution in [3.8, 4) is 0 Å². The van der Waals surface area contributed by atoms with Gasteiger partial charge in [-0.2, -0.15) is 0 Å². The molecule has 1 amide bonds. The molecule has 2 unspecified atom stereocenters. The topological polar surface area (TPSA) is 55.1 Å². The third-order valence-electron chi connectivity index (χ3n) is 3.35. The molecule has 0 aromatic heterocycles. The van der Waals surface area contributed by atoms with Gasteiger partial charge in [-0.1, -0.05) is 45.0 Å². The van der Waals surface area contributed by atoms with E-state index in [2.05, 4.69) is 45.1 Å². The Morgan fingerprint density at radius 1 is 1.30 bits per heavy atom. The zero-order chi connectivity index (χ0) is 15.3. The lowest BCUT2D eigenvalue weighted by molar-refractivity contribution is -0.122. The smallest absolute Gasteiger partial charge is 0.222 e. The molecule has 0 saturated carbocycles. The minimum Gasteiger partial charge on any atom is -0.350 e. The van der Waals surface area contributed by atoms with Gasteiger partial charge in [-0.25, -0.2) is 0 Å². The quantitative estimate of drug-likeness (QED) is 0.866. The van der Waals surface area contributed by atoms with Crippen LogP contribution in [0.4, 0.5) is 0 Å². The van der Waals surface area contributed by atoms with Crippen molar-refractivity contribution >= 4 is 5.91 Å². The van der Waals surface area contributed by atoms with Gasteiger partial charge in [0.15, 0.2) is 0 Å². The predicted molar refractivity (Wildman–Crippen MR) is 84.4 cm³/mol. The van der Waals surface area contributed by atoms with E-state index in [0.717, 1.165) is 12.0 Å². The Labute approximate surface area is 122 Å². The van der Waals surface area contributed by atoms with E-state index in [4.69, 9.17) is 5.73 Å². The number of benzene rings is 1. The Bertz CT molecular complexity index is 449. The fraction of sp³-hybridized carbons (Fsp3) is 0.588. The third-order valence-corrected chi connectivity index (χ3v) is 3.35. The lowest BCUT2D eigenvalue weighted by Gasteiger charge is -2.23. The molecule has 0 aliphatic carbocycles. The summed E-state index contributed by atoms with van der Waals surface area (Å²) in [5.74, 6) is 0.0255. The summed E-state index contributed by atoms with van der Waals surface area (Å²) in [4.78, 5) is 12.0. The van der Waals surface area contributed by atoms with Crippen LogP contribution < -0.4 is 11.1 Å². The predicted octanol–water partition coefficient (Wildman–Crippen LogP) is 3.33. The Morgan fingerprint density at radius 2 is 1.90 bits per heavy atom. The van der Waals surface area contributed by atoms with Gasteiger partial charge in [0.05, 0.1) is 6.04 Å². The largest absolute Gasteiger partial charge is 0.350 e. The molecule has 20 heavy (non-hydrogen) atoms. The zero-order valence-corrected chi connectivity index (χ0v) is 13.4.